The fourth-order valence-electron chi connectivity index (χ4n) is 21.5. The van der Waals surface area contributed by atoms with E-state index in [4.69, 9.17) is 22.1 Å². The molecule has 630 valence electrons. The Morgan fingerprint density at radius 3 is 0.874 bits per heavy atom. The molecule has 0 saturated carbocycles. The Labute approximate surface area is 775 Å². The molecule has 9 aromatic heterocycles. The van der Waals surface area contributed by atoms with Gasteiger partial charge in [0.1, 0.15) is 55.8 Å². The monoisotopic (exact) mass is 1740 g/mol. The van der Waals surface area contributed by atoms with E-state index in [9.17, 15) is 0 Å². The lowest BCUT2D eigenvalue weighted by molar-refractivity contribution is 0.668. The number of furan rings is 5. The second kappa shape index (κ2) is 30.4. The second-order valence-corrected chi connectivity index (χ2v) is 36.2. The zero-order valence-electron chi connectivity index (χ0n) is 72.6. The Kier molecular flexibility index (Phi) is 17.2. The molecule has 0 aliphatic heterocycles. The molecule has 9 heterocycles. The van der Waals surface area contributed by atoms with Crippen molar-refractivity contribution >= 4 is 207 Å². The minimum Gasteiger partial charge on any atom is -0.456 e. The summed E-state index contributed by atoms with van der Waals surface area (Å²) >= 11 is 1.86. The first kappa shape index (κ1) is 76.1. The first-order chi connectivity index (χ1) is 66.9. The van der Waals surface area contributed by atoms with Gasteiger partial charge in [0.25, 0.3) is 0 Å². The highest BCUT2D eigenvalue weighted by Gasteiger charge is 2.25. The average molecular weight is 1740 g/mol. The molecule has 0 aliphatic rings. The number of hydrogen-bond donors (Lipinski definition) is 0. The SMILES string of the molecule is c1cc(-c2ccc3c(c2)c2ccccc2n3-c2cccc3oc4ccccc4c23)cc(-c2cccc3c2oc2ccccc23)c1.c1cc(-c2ccc3oc4ccccc4c3c2)cc(-c2ccc3c(c2)c2ccccc2n3-c2cccc3oc4ccccc4c23)c1.c1cc(-c2ccc3sc4ccccc4c3c2)cc(-c2ccc3c(c2)c2ccccc2n3-c2cccc3oc4ccccc4c23)c1. The first-order valence-corrected chi connectivity index (χ1v) is 46.6. The van der Waals surface area contributed by atoms with E-state index in [2.05, 4.69) is 408 Å². The van der Waals surface area contributed by atoms with Crippen LogP contribution in [0.3, 0.4) is 0 Å². The Hall–Kier alpha value is -17.8. The third kappa shape index (κ3) is 12.2. The Balaban J connectivity index is 0.000000101. The van der Waals surface area contributed by atoms with Crippen molar-refractivity contribution < 1.29 is 22.1 Å². The van der Waals surface area contributed by atoms with E-state index >= 15 is 0 Å². The van der Waals surface area contributed by atoms with Gasteiger partial charge in [-0.15, -0.1) is 11.3 Å². The zero-order valence-corrected chi connectivity index (χ0v) is 73.4. The minimum atomic E-state index is 0.896. The lowest BCUT2D eigenvalue weighted by Crippen LogP contribution is -1.94. The van der Waals surface area contributed by atoms with Gasteiger partial charge in [-0.25, -0.2) is 0 Å². The molecule has 0 unspecified atom stereocenters. The zero-order chi connectivity index (χ0) is 88.5. The van der Waals surface area contributed by atoms with E-state index in [-0.39, 0.29) is 0 Å². The van der Waals surface area contributed by atoms with Crippen LogP contribution in [0.5, 0.6) is 0 Å². The van der Waals surface area contributed by atoms with Gasteiger partial charge in [-0.2, -0.15) is 0 Å². The summed E-state index contributed by atoms with van der Waals surface area (Å²) in [5, 5.41) is 21.4. The number of benzene rings is 21. The van der Waals surface area contributed by atoms with Crippen LogP contribution in [0.2, 0.25) is 0 Å². The summed E-state index contributed by atoms with van der Waals surface area (Å²) in [6, 6.07) is 162. The van der Waals surface area contributed by atoms with E-state index in [1.54, 1.807) is 0 Å². The van der Waals surface area contributed by atoms with Crippen molar-refractivity contribution in [3.05, 3.63) is 455 Å². The van der Waals surface area contributed by atoms with Gasteiger partial charge in [0, 0.05) is 95.8 Å². The molecular formula is C126H75N3O5S. The van der Waals surface area contributed by atoms with Crippen LogP contribution >= 0.6 is 11.3 Å². The molecule has 0 spiro atoms. The van der Waals surface area contributed by atoms with Gasteiger partial charge in [-0.05, 0) is 231 Å². The van der Waals surface area contributed by atoms with Gasteiger partial charge in [0.15, 0.2) is 0 Å². The van der Waals surface area contributed by atoms with Gasteiger partial charge in [0.05, 0.1) is 66.3 Å². The maximum atomic E-state index is 6.38. The molecule has 0 atom stereocenters. The predicted octanol–water partition coefficient (Wildman–Crippen LogP) is 36.2. The Morgan fingerprint density at radius 2 is 0.422 bits per heavy atom. The maximum absolute atomic E-state index is 6.38. The summed E-state index contributed by atoms with van der Waals surface area (Å²) in [5.74, 6) is 0. The second-order valence-electron chi connectivity index (χ2n) is 35.1. The van der Waals surface area contributed by atoms with E-state index in [0.29, 0.717) is 0 Å². The number of nitrogens with zero attached hydrogens (tertiary/aromatic N) is 3. The third-order valence-corrected chi connectivity index (χ3v) is 28.8. The molecule has 0 N–H and O–H groups in total. The molecule has 135 heavy (non-hydrogen) atoms. The van der Waals surface area contributed by atoms with Crippen LogP contribution in [0.4, 0.5) is 0 Å². The van der Waals surface area contributed by atoms with Crippen molar-refractivity contribution in [2.75, 3.05) is 0 Å². The average Bonchev–Trinajstić information content (AvgIpc) is 1.58. The van der Waals surface area contributed by atoms with Crippen LogP contribution in [-0.2, 0) is 0 Å². The lowest BCUT2D eigenvalue weighted by atomic mass is 9.97. The number of para-hydroxylation sites is 9. The molecule has 0 bridgehead atoms. The summed E-state index contributed by atoms with van der Waals surface area (Å²) in [4.78, 5) is 0. The van der Waals surface area contributed by atoms with Crippen LogP contribution in [0, 0.1) is 0 Å². The topological polar surface area (TPSA) is 80.5 Å². The molecule has 8 nitrogen and oxygen atoms in total. The Morgan fingerprint density at radius 1 is 0.148 bits per heavy atom. The molecule has 30 aromatic rings. The van der Waals surface area contributed by atoms with Crippen LogP contribution in [0.25, 0.3) is 279 Å². The molecule has 0 amide bonds. The highest BCUT2D eigenvalue weighted by atomic mass is 32.1. The quantitative estimate of drug-likeness (QED) is 0.144. The Bertz CT molecular complexity index is 9750. The summed E-state index contributed by atoms with van der Waals surface area (Å²) in [6.45, 7) is 0. The highest BCUT2D eigenvalue weighted by molar-refractivity contribution is 7.25. The predicted molar refractivity (Wildman–Crippen MR) is 564 cm³/mol. The van der Waals surface area contributed by atoms with Crippen molar-refractivity contribution in [1.29, 1.82) is 0 Å². The van der Waals surface area contributed by atoms with Crippen LogP contribution < -0.4 is 0 Å². The third-order valence-electron chi connectivity index (χ3n) is 27.6. The molecule has 30 rings (SSSR count). The van der Waals surface area contributed by atoms with Crippen LogP contribution in [0.15, 0.2) is 477 Å². The van der Waals surface area contributed by atoms with Gasteiger partial charge in [-0.1, -0.05) is 285 Å². The molecule has 21 aromatic carbocycles. The summed E-state index contributed by atoms with van der Waals surface area (Å²) in [6.07, 6.45) is 0. The number of hydrogen-bond acceptors (Lipinski definition) is 6. The normalized spacial score (nSPS) is 12.0. The number of aromatic nitrogens is 3. The maximum Gasteiger partial charge on any atom is 0.143 e. The van der Waals surface area contributed by atoms with Crippen molar-refractivity contribution in [2.24, 2.45) is 0 Å². The molecule has 0 radical (unpaired) electrons. The fraction of sp³-hybridized carbons (Fsp3) is 0. The largest absolute Gasteiger partial charge is 0.456 e. The van der Waals surface area contributed by atoms with E-state index in [1.807, 2.05) is 72.0 Å². The summed E-state index contributed by atoms with van der Waals surface area (Å²) < 4.78 is 41.1. The van der Waals surface area contributed by atoms with Gasteiger partial charge >= 0.3 is 0 Å². The van der Waals surface area contributed by atoms with E-state index in [0.717, 1.165) is 138 Å². The van der Waals surface area contributed by atoms with E-state index in [1.165, 1.54) is 141 Å². The van der Waals surface area contributed by atoms with Gasteiger partial charge in [-0.3, -0.25) is 0 Å². The van der Waals surface area contributed by atoms with Crippen molar-refractivity contribution in [1.82, 2.24) is 13.7 Å². The minimum absolute atomic E-state index is 0.896. The van der Waals surface area contributed by atoms with E-state index < -0.39 is 0 Å². The molecule has 0 fully saturated rings. The van der Waals surface area contributed by atoms with Crippen molar-refractivity contribution in [3.63, 3.8) is 0 Å². The number of rotatable bonds is 9. The van der Waals surface area contributed by atoms with Crippen molar-refractivity contribution in [3.8, 4) is 83.8 Å². The molecule has 0 saturated heterocycles. The number of fused-ring (bicyclic) bond motifs is 27. The molecule has 0 aliphatic carbocycles. The fourth-order valence-corrected chi connectivity index (χ4v) is 22.6. The van der Waals surface area contributed by atoms with Crippen LogP contribution in [-0.4, -0.2) is 13.7 Å². The van der Waals surface area contributed by atoms with Crippen molar-refractivity contribution in [2.45, 2.75) is 0 Å². The smallest absolute Gasteiger partial charge is 0.143 e. The number of thiophene rings is 1. The molecular weight excluding hydrogens is 1670 g/mol. The standard InChI is InChI=1S/2C42H25NO2.C42H25NOS/c1-4-17-35-30(12-1)34-25-27(22-23-36(34)43(35)37-18-9-21-40-41(37)33-14-3-6-20-39(33)44-40)26-10-7-11-28(24-26)29-15-8-16-32-31-13-2-5-19-38(31)45-42(29)32;1-4-14-35-30(11-1)33-24-28(19-21-36(33)43(35)37-15-8-18-41-42(37)32-13-3-6-17-39(32)45-41)26-9-7-10-27(23-26)29-20-22-40-34(25-29)31-12-2-5-16-38(31)44-40;1-4-14-35-30(11-1)33-24-28(19-21-36(33)43(35)37-15-8-17-39-42(37)32-13-2-5-16-38(32)44-39)26-9-7-10-27(23-26)29-20-22-41-34(25-29)31-12-3-6-18-40(31)45-41/h3*1-25H. The first-order valence-electron chi connectivity index (χ1n) is 45.8. The summed E-state index contributed by atoms with van der Waals surface area (Å²) in [5.41, 5.74) is 33.7. The van der Waals surface area contributed by atoms with Crippen LogP contribution in [0.1, 0.15) is 0 Å². The summed E-state index contributed by atoms with van der Waals surface area (Å²) in [7, 11) is 0. The molecule has 9 heteroatoms. The van der Waals surface area contributed by atoms with Gasteiger partial charge < -0.3 is 35.8 Å². The van der Waals surface area contributed by atoms with Gasteiger partial charge in [0.2, 0.25) is 0 Å². The lowest BCUT2D eigenvalue weighted by Gasteiger charge is -2.10. The highest BCUT2D eigenvalue weighted by Crippen LogP contribution is 2.48.